The standard InChI is InChI=1S/C49H62N14O8/c1-28(64)58-38-17-18-42(65)54-19-7-6-13-36(43(50)66)59-47(70)40(23-32-25-56-35-12-5-4-11-34(32)35)62-44(67)37(14-8-20-55-49(51)52)60-46(69)39(22-29-15-16-30-9-2-3-10-31(30)21-29)61-48(71)41(63-45(38)68)24-33-26-53-27-57-33/h2-5,9-12,15-16,21,25-27,36-41,56H,6-8,13-14,17-20,22-24H2,1H3,(H2,50,66)(H,53,57)(H,54,65)(H,58,64)(H,59,70)(H,60,69)(H,61,71)(H,62,67)(H,63,68)(H4,51,52,55)/t36-,37-,38-,39+,40-,41-/m0/s1. The van der Waals surface area contributed by atoms with E-state index in [9.17, 15) is 38.4 Å². The average molecular weight is 975 g/mol. The molecule has 2 aromatic heterocycles. The van der Waals surface area contributed by atoms with E-state index in [0.717, 1.165) is 21.7 Å². The number of nitrogens with one attached hydrogen (secondary N) is 9. The van der Waals surface area contributed by atoms with E-state index in [2.05, 4.69) is 57.2 Å². The summed E-state index contributed by atoms with van der Waals surface area (Å²) in [7, 11) is 0. The quantitative estimate of drug-likeness (QED) is 0.0434. The fourth-order valence-corrected chi connectivity index (χ4v) is 8.36. The van der Waals surface area contributed by atoms with Crippen LogP contribution >= 0.6 is 0 Å². The number of guanidine groups is 1. The molecule has 22 heteroatoms. The summed E-state index contributed by atoms with van der Waals surface area (Å²) in [5.74, 6) is -5.83. The first kappa shape index (κ1) is 52.1. The van der Waals surface area contributed by atoms with Crippen molar-refractivity contribution < 1.29 is 38.4 Å². The normalized spacial score (nSPS) is 21.6. The number of carbonyl (C=O) groups excluding carboxylic acids is 8. The number of aromatic amines is 2. The summed E-state index contributed by atoms with van der Waals surface area (Å²) >= 11 is 0. The van der Waals surface area contributed by atoms with E-state index in [-0.39, 0.29) is 70.4 Å². The average Bonchev–Trinajstić information content (AvgIpc) is 4.02. The van der Waals surface area contributed by atoms with Gasteiger partial charge >= 0.3 is 0 Å². The van der Waals surface area contributed by atoms with Crippen molar-refractivity contribution in [3.05, 3.63) is 102 Å². The van der Waals surface area contributed by atoms with Crippen molar-refractivity contribution in [2.75, 3.05) is 13.1 Å². The summed E-state index contributed by atoms with van der Waals surface area (Å²) < 4.78 is 0. The first-order chi connectivity index (χ1) is 34.1. The molecule has 1 saturated heterocycles. The molecule has 71 heavy (non-hydrogen) atoms. The van der Waals surface area contributed by atoms with Gasteiger partial charge in [-0.3, -0.25) is 43.3 Å². The van der Waals surface area contributed by atoms with Crippen LogP contribution in [0.1, 0.15) is 68.7 Å². The summed E-state index contributed by atoms with van der Waals surface area (Å²) in [4.78, 5) is 125. The Kier molecular flexibility index (Phi) is 18.6. The van der Waals surface area contributed by atoms with Crippen molar-refractivity contribution in [3.63, 3.8) is 0 Å². The molecular formula is C49H62N14O8. The van der Waals surface area contributed by atoms with Gasteiger partial charge in [0.1, 0.15) is 36.3 Å². The third-order valence-electron chi connectivity index (χ3n) is 12.1. The van der Waals surface area contributed by atoms with Crippen LogP contribution in [0.3, 0.4) is 0 Å². The molecule has 0 saturated carbocycles. The number of fused-ring (bicyclic) bond motifs is 2. The van der Waals surface area contributed by atoms with E-state index in [0.29, 0.717) is 29.7 Å². The smallest absolute Gasteiger partial charge is 0.243 e. The highest BCUT2D eigenvalue weighted by Gasteiger charge is 2.34. The second-order valence-corrected chi connectivity index (χ2v) is 17.5. The van der Waals surface area contributed by atoms with Crippen LogP contribution in [-0.2, 0) is 57.6 Å². The first-order valence-electron chi connectivity index (χ1n) is 23.5. The van der Waals surface area contributed by atoms with E-state index in [1.165, 1.54) is 19.4 Å². The Bertz CT molecular complexity index is 2720. The van der Waals surface area contributed by atoms with Gasteiger partial charge in [-0.1, -0.05) is 60.7 Å². The fraction of sp³-hybridized carbons (Fsp3) is 0.388. The molecule has 3 heterocycles. The summed E-state index contributed by atoms with van der Waals surface area (Å²) in [5.41, 5.74) is 19.5. The second kappa shape index (κ2) is 25.3. The number of primary amides is 1. The zero-order valence-electron chi connectivity index (χ0n) is 39.4. The number of para-hydroxylation sites is 1. The molecule has 0 radical (unpaired) electrons. The third-order valence-corrected chi connectivity index (χ3v) is 12.1. The van der Waals surface area contributed by atoms with Gasteiger partial charge in [0.15, 0.2) is 5.96 Å². The maximum Gasteiger partial charge on any atom is 0.243 e. The maximum atomic E-state index is 14.8. The molecule has 0 unspecified atom stereocenters. The number of carbonyl (C=O) groups is 8. The van der Waals surface area contributed by atoms with Crippen molar-refractivity contribution in [2.24, 2.45) is 22.2 Å². The van der Waals surface area contributed by atoms with Gasteiger partial charge in [0.2, 0.25) is 47.3 Å². The highest BCUT2D eigenvalue weighted by molar-refractivity contribution is 5.98. The minimum Gasteiger partial charge on any atom is -0.370 e. The molecule has 3 aromatic carbocycles. The van der Waals surface area contributed by atoms with E-state index in [1.54, 1.807) is 12.3 Å². The van der Waals surface area contributed by atoms with Crippen LogP contribution in [0.15, 0.2) is 90.4 Å². The number of nitrogens with two attached hydrogens (primary N) is 3. The van der Waals surface area contributed by atoms with Gasteiger partial charge in [-0.15, -0.1) is 0 Å². The maximum absolute atomic E-state index is 14.8. The van der Waals surface area contributed by atoms with Crippen LogP contribution < -0.4 is 54.4 Å². The van der Waals surface area contributed by atoms with Gasteiger partial charge in [0, 0.05) is 74.7 Å². The van der Waals surface area contributed by atoms with Gasteiger partial charge in [-0.2, -0.15) is 0 Å². The number of hydrogen-bond donors (Lipinski definition) is 12. The van der Waals surface area contributed by atoms with E-state index < -0.39 is 83.5 Å². The minimum atomic E-state index is -1.38. The van der Waals surface area contributed by atoms with Crippen LogP contribution in [0.2, 0.25) is 0 Å². The van der Waals surface area contributed by atoms with Crippen molar-refractivity contribution in [1.29, 1.82) is 0 Å². The molecule has 6 rings (SSSR count). The molecule has 0 aliphatic carbocycles. The number of benzene rings is 3. The van der Waals surface area contributed by atoms with Crippen LogP contribution in [0, 0.1) is 0 Å². The van der Waals surface area contributed by atoms with Crippen molar-refractivity contribution in [2.45, 2.75) is 107 Å². The van der Waals surface area contributed by atoms with Gasteiger partial charge < -0.3 is 64.4 Å². The number of amides is 8. The Hall–Kier alpha value is -8.30. The number of nitrogens with zero attached hydrogens (tertiary/aromatic N) is 2. The van der Waals surface area contributed by atoms with Gasteiger partial charge in [-0.05, 0) is 66.5 Å². The SMILES string of the molecule is CC(=O)N[C@H]1CCC(=O)NCCCC[C@@H](C(N)=O)NC(=O)[C@H](Cc2c[nH]c3ccccc23)NC(=O)[C@H](CCCN=C(N)N)NC(=O)[C@@H](Cc2ccc3ccccc3c2)NC(=O)[C@H](Cc2cnc[nH]2)NC1=O. The number of rotatable bonds is 12. The molecule has 6 atom stereocenters. The molecule has 15 N–H and O–H groups in total. The molecule has 0 bridgehead atoms. The van der Waals surface area contributed by atoms with E-state index in [1.807, 2.05) is 60.7 Å². The molecule has 1 aliphatic rings. The number of hydrogen-bond acceptors (Lipinski definition) is 10. The Morgan fingerprint density at radius 2 is 1.38 bits per heavy atom. The van der Waals surface area contributed by atoms with Crippen LogP contribution in [0.25, 0.3) is 21.7 Å². The van der Waals surface area contributed by atoms with Crippen molar-refractivity contribution in [1.82, 2.24) is 52.2 Å². The predicted molar refractivity (Wildman–Crippen MR) is 264 cm³/mol. The summed E-state index contributed by atoms with van der Waals surface area (Å²) in [6, 6.07) is 12.7. The van der Waals surface area contributed by atoms with Crippen LogP contribution in [0.4, 0.5) is 0 Å². The lowest BCUT2D eigenvalue weighted by Gasteiger charge is -2.28. The largest absolute Gasteiger partial charge is 0.370 e. The summed E-state index contributed by atoms with van der Waals surface area (Å²) in [5, 5.41) is 21.7. The Morgan fingerprint density at radius 3 is 2.10 bits per heavy atom. The number of H-pyrrole nitrogens is 2. The van der Waals surface area contributed by atoms with Gasteiger partial charge in [-0.25, -0.2) is 4.98 Å². The number of aliphatic imine (C=N–C) groups is 1. The molecule has 5 aromatic rings. The van der Waals surface area contributed by atoms with Crippen molar-refractivity contribution >= 4 is 74.9 Å². The van der Waals surface area contributed by atoms with E-state index in [4.69, 9.17) is 17.2 Å². The Balaban J connectivity index is 1.38. The van der Waals surface area contributed by atoms with Crippen molar-refractivity contribution in [3.8, 4) is 0 Å². The topological polar surface area (TPSA) is 356 Å². The lowest BCUT2D eigenvalue weighted by Crippen LogP contribution is -2.60. The highest BCUT2D eigenvalue weighted by Crippen LogP contribution is 2.21. The summed E-state index contributed by atoms with van der Waals surface area (Å²) in [6.07, 6.45) is 4.99. The van der Waals surface area contributed by atoms with E-state index >= 15 is 0 Å². The lowest BCUT2D eigenvalue weighted by molar-refractivity contribution is -0.135. The zero-order valence-corrected chi connectivity index (χ0v) is 39.4. The third kappa shape index (κ3) is 15.6. The molecule has 22 nitrogen and oxygen atoms in total. The fourth-order valence-electron chi connectivity index (χ4n) is 8.36. The second-order valence-electron chi connectivity index (χ2n) is 17.5. The van der Waals surface area contributed by atoms with Crippen LogP contribution in [-0.4, -0.2) is 118 Å². The molecule has 1 fully saturated rings. The van der Waals surface area contributed by atoms with Gasteiger partial charge in [0.25, 0.3) is 0 Å². The van der Waals surface area contributed by atoms with Gasteiger partial charge in [0.05, 0.1) is 6.33 Å². The molecule has 0 spiro atoms. The molecule has 8 amide bonds. The lowest BCUT2D eigenvalue weighted by atomic mass is 9.99. The monoisotopic (exact) mass is 974 g/mol. The summed E-state index contributed by atoms with van der Waals surface area (Å²) in [6.45, 7) is 1.47. The molecule has 1 aliphatic heterocycles. The molecule has 376 valence electrons. The number of imidazole rings is 1. The zero-order chi connectivity index (χ0) is 50.9. The minimum absolute atomic E-state index is 0.0318. The predicted octanol–water partition coefficient (Wildman–Crippen LogP) is -0.380. The first-order valence-corrected chi connectivity index (χ1v) is 23.5. The Morgan fingerprint density at radius 1 is 0.718 bits per heavy atom. The van der Waals surface area contributed by atoms with Crippen LogP contribution in [0.5, 0.6) is 0 Å². The molecular weight excluding hydrogens is 913 g/mol. The highest BCUT2D eigenvalue weighted by atomic mass is 16.2. The Labute approximate surface area is 409 Å². The number of aromatic nitrogens is 3.